The number of aliphatic hydroxyl groups excluding tert-OH is 3. The first-order chi connectivity index (χ1) is 12.0. The zero-order valence-corrected chi connectivity index (χ0v) is 15.3. The minimum atomic E-state index is -0.865. The molecule has 144 valence electrons. The monoisotopic (exact) mass is 354 g/mol. The van der Waals surface area contributed by atoms with Crippen molar-refractivity contribution in [1.29, 1.82) is 0 Å². The van der Waals surface area contributed by atoms with E-state index in [4.69, 9.17) is 5.11 Å². The molecule has 1 aliphatic carbocycles. The molecule has 0 saturated heterocycles. The number of unbranched alkanes of at least 4 members (excludes halogenated alkanes) is 3. The second-order valence-corrected chi connectivity index (χ2v) is 7.05. The van der Waals surface area contributed by atoms with Gasteiger partial charge >= 0.3 is 5.97 Å². The van der Waals surface area contributed by atoms with Gasteiger partial charge in [0.2, 0.25) is 0 Å². The van der Waals surface area contributed by atoms with Crippen molar-refractivity contribution in [2.24, 2.45) is 11.8 Å². The fourth-order valence-corrected chi connectivity index (χ4v) is 3.41. The summed E-state index contributed by atoms with van der Waals surface area (Å²) in [6.45, 7) is 2.17. The highest BCUT2D eigenvalue weighted by Gasteiger charge is 2.39. The number of rotatable bonds is 12. The molecule has 1 saturated carbocycles. The first-order valence-electron chi connectivity index (χ1n) is 9.55. The molecule has 1 fully saturated rings. The van der Waals surface area contributed by atoms with Crippen molar-refractivity contribution in [2.75, 3.05) is 0 Å². The molecule has 0 bridgehead atoms. The molecule has 0 aromatic carbocycles. The standard InChI is InChI=1S/C20H34O5/c1-2-3-4-5-6-7-10-16-17(19(23)14-18(16)22)13-12-15(21)9-8-11-20(24)25/h6-7,12-13,15-19,21-23H,2-5,8-11,14H2,1H3,(H,24,25)/b7-6-,13-12+/t15-,16+,17+,18-,19+/m0/s1. The smallest absolute Gasteiger partial charge is 0.303 e. The molecule has 5 heteroatoms. The molecular weight excluding hydrogens is 320 g/mol. The summed E-state index contributed by atoms with van der Waals surface area (Å²) in [5.41, 5.74) is 0. The molecule has 1 aliphatic rings. The lowest BCUT2D eigenvalue weighted by molar-refractivity contribution is -0.137. The van der Waals surface area contributed by atoms with Crippen molar-refractivity contribution in [3.05, 3.63) is 24.3 Å². The minimum Gasteiger partial charge on any atom is -0.481 e. The van der Waals surface area contributed by atoms with E-state index in [0.29, 0.717) is 25.7 Å². The molecule has 0 aliphatic heterocycles. The van der Waals surface area contributed by atoms with Crippen molar-refractivity contribution < 1.29 is 25.2 Å². The predicted octanol–water partition coefficient (Wildman–Crippen LogP) is 3.04. The zero-order chi connectivity index (χ0) is 18.7. The summed E-state index contributed by atoms with van der Waals surface area (Å²) < 4.78 is 0. The van der Waals surface area contributed by atoms with Gasteiger partial charge in [0.1, 0.15) is 0 Å². The van der Waals surface area contributed by atoms with Crippen LogP contribution in [0.2, 0.25) is 0 Å². The predicted molar refractivity (Wildman–Crippen MR) is 98.1 cm³/mol. The van der Waals surface area contributed by atoms with E-state index in [1.165, 1.54) is 19.3 Å². The van der Waals surface area contributed by atoms with Crippen LogP contribution in [0.3, 0.4) is 0 Å². The van der Waals surface area contributed by atoms with Crippen LogP contribution < -0.4 is 0 Å². The van der Waals surface area contributed by atoms with Crippen LogP contribution in [-0.2, 0) is 4.79 Å². The van der Waals surface area contributed by atoms with E-state index >= 15 is 0 Å². The maximum absolute atomic E-state index is 10.5. The van der Waals surface area contributed by atoms with Crippen molar-refractivity contribution in [1.82, 2.24) is 0 Å². The topological polar surface area (TPSA) is 98.0 Å². The van der Waals surface area contributed by atoms with Gasteiger partial charge in [0.25, 0.3) is 0 Å². The molecule has 0 spiro atoms. The van der Waals surface area contributed by atoms with Crippen LogP contribution in [0.15, 0.2) is 24.3 Å². The normalized spacial score (nSPS) is 28.2. The summed E-state index contributed by atoms with van der Waals surface area (Å²) in [5.74, 6) is -1.08. The molecule has 1 rings (SSSR count). The lowest BCUT2D eigenvalue weighted by atomic mass is 9.89. The maximum atomic E-state index is 10.5. The summed E-state index contributed by atoms with van der Waals surface area (Å²) in [5, 5.41) is 38.9. The molecule has 0 heterocycles. The highest BCUT2D eigenvalue weighted by atomic mass is 16.4. The molecule has 0 unspecified atom stereocenters. The van der Waals surface area contributed by atoms with Crippen LogP contribution in [0.25, 0.3) is 0 Å². The fourth-order valence-electron chi connectivity index (χ4n) is 3.41. The molecule has 4 N–H and O–H groups in total. The van der Waals surface area contributed by atoms with Crippen LogP contribution in [0.5, 0.6) is 0 Å². The summed E-state index contributed by atoms with van der Waals surface area (Å²) in [7, 11) is 0. The van der Waals surface area contributed by atoms with Crippen molar-refractivity contribution in [3.8, 4) is 0 Å². The van der Waals surface area contributed by atoms with Crippen LogP contribution in [-0.4, -0.2) is 44.7 Å². The van der Waals surface area contributed by atoms with E-state index in [2.05, 4.69) is 19.1 Å². The number of carbonyl (C=O) groups is 1. The average Bonchev–Trinajstić information content (AvgIpc) is 2.81. The number of hydrogen-bond acceptors (Lipinski definition) is 4. The lowest BCUT2D eigenvalue weighted by Gasteiger charge is -2.19. The lowest BCUT2D eigenvalue weighted by Crippen LogP contribution is -2.20. The third-order valence-electron chi connectivity index (χ3n) is 4.91. The second-order valence-electron chi connectivity index (χ2n) is 7.05. The third-order valence-corrected chi connectivity index (χ3v) is 4.91. The van der Waals surface area contributed by atoms with Gasteiger partial charge in [-0.3, -0.25) is 4.79 Å². The van der Waals surface area contributed by atoms with Gasteiger partial charge in [0.05, 0.1) is 18.3 Å². The summed E-state index contributed by atoms with van der Waals surface area (Å²) in [6, 6.07) is 0. The van der Waals surface area contributed by atoms with E-state index in [0.717, 1.165) is 6.42 Å². The van der Waals surface area contributed by atoms with Crippen LogP contribution in [0, 0.1) is 11.8 Å². The van der Waals surface area contributed by atoms with Crippen molar-refractivity contribution >= 4 is 5.97 Å². The Labute approximate surface area is 151 Å². The summed E-state index contributed by atoms with van der Waals surface area (Å²) in [6.07, 6.45) is 12.4. The number of aliphatic hydroxyl groups is 3. The Morgan fingerprint density at radius 2 is 1.92 bits per heavy atom. The highest BCUT2D eigenvalue weighted by molar-refractivity contribution is 5.66. The van der Waals surface area contributed by atoms with E-state index < -0.39 is 24.3 Å². The second kappa shape index (κ2) is 12.2. The van der Waals surface area contributed by atoms with Gasteiger partial charge in [-0.25, -0.2) is 0 Å². The van der Waals surface area contributed by atoms with E-state index in [-0.39, 0.29) is 18.3 Å². The molecule has 5 nitrogen and oxygen atoms in total. The van der Waals surface area contributed by atoms with Crippen LogP contribution >= 0.6 is 0 Å². The number of aliphatic carboxylic acids is 1. The Balaban J connectivity index is 2.47. The summed E-state index contributed by atoms with van der Waals surface area (Å²) in [4.78, 5) is 10.5. The van der Waals surface area contributed by atoms with Gasteiger partial charge < -0.3 is 20.4 Å². The fraction of sp³-hybridized carbons (Fsp3) is 0.750. The van der Waals surface area contributed by atoms with Gasteiger partial charge in [-0.2, -0.15) is 0 Å². The van der Waals surface area contributed by atoms with Gasteiger partial charge in [0, 0.05) is 18.8 Å². The molecular formula is C20H34O5. The third kappa shape index (κ3) is 8.66. The Hall–Kier alpha value is -1.17. The summed E-state index contributed by atoms with van der Waals surface area (Å²) >= 11 is 0. The maximum Gasteiger partial charge on any atom is 0.303 e. The van der Waals surface area contributed by atoms with Gasteiger partial charge in [0.15, 0.2) is 0 Å². The Morgan fingerprint density at radius 1 is 1.16 bits per heavy atom. The minimum absolute atomic E-state index is 0.0418. The number of carboxylic acid groups (broad SMARTS) is 1. The molecule has 25 heavy (non-hydrogen) atoms. The van der Waals surface area contributed by atoms with Gasteiger partial charge in [-0.05, 0) is 38.0 Å². The Bertz CT molecular complexity index is 432. The SMILES string of the molecule is CCCCC/C=C\C[C@@H]1[C@@H](/C=C/[C@@H](O)CCCC(=O)O)[C@H](O)C[C@@H]1O. The highest BCUT2D eigenvalue weighted by Crippen LogP contribution is 2.36. The zero-order valence-electron chi connectivity index (χ0n) is 15.3. The number of hydrogen-bond donors (Lipinski definition) is 4. The van der Waals surface area contributed by atoms with E-state index in [9.17, 15) is 20.1 Å². The molecule has 0 aromatic heterocycles. The van der Waals surface area contributed by atoms with E-state index in [1.54, 1.807) is 12.2 Å². The molecule has 5 atom stereocenters. The molecule has 0 aromatic rings. The van der Waals surface area contributed by atoms with Crippen LogP contribution in [0.4, 0.5) is 0 Å². The van der Waals surface area contributed by atoms with E-state index in [1.807, 2.05) is 0 Å². The first kappa shape index (κ1) is 21.9. The molecule has 0 radical (unpaired) electrons. The van der Waals surface area contributed by atoms with Gasteiger partial charge in [-0.15, -0.1) is 0 Å². The first-order valence-corrected chi connectivity index (χ1v) is 9.55. The Morgan fingerprint density at radius 3 is 2.60 bits per heavy atom. The largest absolute Gasteiger partial charge is 0.481 e. The number of allylic oxidation sites excluding steroid dienone is 2. The van der Waals surface area contributed by atoms with Crippen molar-refractivity contribution in [2.45, 2.75) is 83.0 Å². The number of carboxylic acids is 1. The van der Waals surface area contributed by atoms with Gasteiger partial charge in [-0.1, -0.05) is 44.1 Å². The van der Waals surface area contributed by atoms with Crippen LogP contribution in [0.1, 0.15) is 64.7 Å². The van der Waals surface area contributed by atoms with Crippen molar-refractivity contribution in [3.63, 3.8) is 0 Å². The average molecular weight is 354 g/mol. The quantitative estimate of drug-likeness (QED) is 0.319. The molecule has 0 amide bonds. The Kier molecular flexibility index (Phi) is 10.7.